The molecule has 164 valence electrons. The van der Waals surface area contributed by atoms with Gasteiger partial charge in [-0.2, -0.15) is 0 Å². The summed E-state index contributed by atoms with van der Waals surface area (Å²) in [7, 11) is -2.50. The van der Waals surface area contributed by atoms with Gasteiger partial charge in [-0.3, -0.25) is 14.1 Å². The van der Waals surface area contributed by atoms with Crippen molar-refractivity contribution < 1.29 is 23.0 Å². The third-order valence-electron chi connectivity index (χ3n) is 5.22. The van der Waals surface area contributed by atoms with Crippen LogP contribution in [0, 0.1) is 16.3 Å². The Kier molecular flexibility index (Phi) is 6.46. The Bertz CT molecular complexity index is 1130. The van der Waals surface area contributed by atoms with Crippen molar-refractivity contribution in [3.05, 3.63) is 49.6 Å². The lowest BCUT2D eigenvalue weighted by atomic mass is 10.2. The first-order valence-corrected chi connectivity index (χ1v) is 11.8. The Hall–Kier alpha value is -1.70. The van der Waals surface area contributed by atoms with Crippen LogP contribution in [-0.2, 0) is 17.1 Å². The Morgan fingerprint density at radius 2 is 1.97 bits per heavy atom. The average molecular weight is 551 g/mol. The minimum Gasteiger partial charge on any atom is -0.394 e. The van der Waals surface area contributed by atoms with Crippen molar-refractivity contribution in [2.24, 2.45) is 7.05 Å². The van der Waals surface area contributed by atoms with E-state index in [0.29, 0.717) is 22.0 Å². The number of nitrogens with zero attached hydrogens (tertiary/aromatic N) is 1. The predicted octanol–water partition coefficient (Wildman–Crippen LogP) is 2.20. The van der Waals surface area contributed by atoms with Crippen LogP contribution in [0.15, 0.2) is 29.1 Å². The number of aryl methyl sites for hydroxylation is 1. The normalized spacial score (nSPS) is 16.2. The van der Waals surface area contributed by atoms with Gasteiger partial charge >= 0.3 is 0 Å². The molecule has 1 aromatic carbocycles. The lowest BCUT2D eigenvalue weighted by molar-refractivity contribution is 0.0858. The highest BCUT2D eigenvalue weighted by atomic mass is 127. The highest BCUT2D eigenvalue weighted by Crippen LogP contribution is 2.48. The van der Waals surface area contributed by atoms with Gasteiger partial charge in [0.1, 0.15) is 11.6 Å². The van der Waals surface area contributed by atoms with Crippen molar-refractivity contribution >= 4 is 49.8 Å². The fraction of sp³-hybridized carbons (Fsp3) is 0.421. The molecule has 1 heterocycles. The maximum atomic E-state index is 14.4. The molecule has 1 aliphatic carbocycles. The standard InChI is InChI=1S/C19H23FIN3O5S/c1-11-7-16(23-30(28,29)19(5-6-19)9-13(26)10-25)17(24(2)18(11)27)22-15-4-3-12(21)8-14(15)20/h3-4,7-8,13,22-23,25-26H,5-6,9-10H2,1-2H3/t13-/m1/s1. The predicted molar refractivity (Wildman–Crippen MR) is 121 cm³/mol. The van der Waals surface area contributed by atoms with Gasteiger partial charge in [-0.25, -0.2) is 12.8 Å². The molecular weight excluding hydrogens is 528 g/mol. The van der Waals surface area contributed by atoms with Gasteiger partial charge in [0, 0.05) is 16.2 Å². The lowest BCUT2D eigenvalue weighted by Crippen LogP contribution is -2.35. The van der Waals surface area contributed by atoms with Crippen molar-refractivity contribution in [2.45, 2.75) is 37.0 Å². The number of nitrogens with one attached hydrogen (secondary N) is 2. The largest absolute Gasteiger partial charge is 0.394 e. The van der Waals surface area contributed by atoms with E-state index in [0.717, 1.165) is 0 Å². The van der Waals surface area contributed by atoms with E-state index in [1.807, 2.05) is 22.6 Å². The number of rotatable bonds is 8. The van der Waals surface area contributed by atoms with Gasteiger partial charge in [0.25, 0.3) is 5.56 Å². The fourth-order valence-electron chi connectivity index (χ4n) is 3.31. The van der Waals surface area contributed by atoms with Gasteiger partial charge in [0.05, 0.1) is 28.8 Å². The zero-order valence-electron chi connectivity index (χ0n) is 16.4. The van der Waals surface area contributed by atoms with E-state index in [-0.39, 0.29) is 29.2 Å². The summed E-state index contributed by atoms with van der Waals surface area (Å²) >= 11 is 1.97. The molecule has 3 rings (SSSR count). The van der Waals surface area contributed by atoms with E-state index in [4.69, 9.17) is 5.11 Å². The second-order valence-electron chi connectivity index (χ2n) is 7.53. The summed E-state index contributed by atoms with van der Waals surface area (Å²) in [6, 6.07) is 5.89. The number of pyridine rings is 1. The molecule has 0 unspecified atom stereocenters. The first-order chi connectivity index (χ1) is 14.0. The second kappa shape index (κ2) is 8.44. The van der Waals surface area contributed by atoms with Crippen molar-refractivity contribution in [1.29, 1.82) is 0 Å². The second-order valence-corrected chi connectivity index (χ2v) is 10.9. The lowest BCUT2D eigenvalue weighted by Gasteiger charge is -2.23. The first-order valence-electron chi connectivity index (χ1n) is 9.24. The Morgan fingerprint density at radius 1 is 1.30 bits per heavy atom. The third-order valence-corrected chi connectivity index (χ3v) is 8.09. The fourth-order valence-corrected chi connectivity index (χ4v) is 5.48. The van der Waals surface area contributed by atoms with Crippen LogP contribution in [0.3, 0.4) is 0 Å². The molecule has 1 atom stereocenters. The number of aromatic nitrogens is 1. The highest BCUT2D eigenvalue weighted by Gasteiger charge is 2.55. The van der Waals surface area contributed by atoms with Crippen LogP contribution >= 0.6 is 22.6 Å². The Labute approximate surface area is 187 Å². The number of benzene rings is 1. The molecule has 0 saturated heterocycles. The van der Waals surface area contributed by atoms with E-state index >= 15 is 0 Å². The SMILES string of the molecule is Cc1cc(NS(=O)(=O)C2(C[C@@H](O)CO)CC2)c(Nc2ccc(I)cc2F)n(C)c1=O. The number of aliphatic hydroxyl groups is 2. The molecule has 0 aliphatic heterocycles. The molecule has 0 spiro atoms. The van der Waals surface area contributed by atoms with Crippen molar-refractivity contribution in [3.8, 4) is 0 Å². The minimum absolute atomic E-state index is 0.0894. The van der Waals surface area contributed by atoms with Gasteiger partial charge in [0.15, 0.2) is 0 Å². The number of hydrogen-bond acceptors (Lipinski definition) is 6. The number of sulfonamides is 1. The molecule has 2 aromatic rings. The zero-order valence-corrected chi connectivity index (χ0v) is 19.4. The molecule has 1 aromatic heterocycles. The first kappa shape index (κ1) is 23.0. The molecule has 11 heteroatoms. The monoisotopic (exact) mass is 551 g/mol. The maximum Gasteiger partial charge on any atom is 0.254 e. The number of aliphatic hydroxyl groups excluding tert-OH is 2. The highest BCUT2D eigenvalue weighted by molar-refractivity contribution is 14.1. The molecule has 1 aliphatic rings. The summed E-state index contributed by atoms with van der Waals surface area (Å²) in [6.07, 6.45) is -0.556. The summed E-state index contributed by atoms with van der Waals surface area (Å²) in [4.78, 5) is 12.4. The van der Waals surface area contributed by atoms with Gasteiger partial charge < -0.3 is 15.5 Å². The van der Waals surface area contributed by atoms with Gasteiger partial charge in [-0.15, -0.1) is 0 Å². The van der Waals surface area contributed by atoms with E-state index in [1.165, 1.54) is 29.8 Å². The molecular formula is C19H23FIN3O5S. The quantitative estimate of drug-likeness (QED) is 0.374. The molecule has 4 N–H and O–H groups in total. The van der Waals surface area contributed by atoms with Crippen LogP contribution in [0.25, 0.3) is 0 Å². The molecule has 1 saturated carbocycles. The molecule has 0 amide bonds. The van der Waals surface area contributed by atoms with E-state index < -0.39 is 33.3 Å². The van der Waals surface area contributed by atoms with Crippen LogP contribution < -0.4 is 15.6 Å². The molecule has 1 fully saturated rings. The third kappa shape index (κ3) is 4.48. The zero-order chi connectivity index (χ0) is 22.3. The summed E-state index contributed by atoms with van der Waals surface area (Å²) in [5.41, 5.74) is 0.135. The maximum absolute atomic E-state index is 14.4. The number of anilines is 3. The van der Waals surface area contributed by atoms with Crippen molar-refractivity contribution in [1.82, 2.24) is 4.57 Å². The van der Waals surface area contributed by atoms with Gasteiger partial charge in [-0.05, 0) is 73.0 Å². The van der Waals surface area contributed by atoms with Crippen molar-refractivity contribution in [3.63, 3.8) is 0 Å². The van der Waals surface area contributed by atoms with Gasteiger partial charge in [-0.1, -0.05) is 0 Å². The molecule has 0 bridgehead atoms. The van der Waals surface area contributed by atoms with Crippen LogP contribution in [0.2, 0.25) is 0 Å². The van der Waals surface area contributed by atoms with Crippen molar-refractivity contribution in [2.75, 3.05) is 16.6 Å². The van der Waals surface area contributed by atoms with Crippen LogP contribution in [0.5, 0.6) is 0 Å². The number of halogens is 2. The Morgan fingerprint density at radius 3 is 2.53 bits per heavy atom. The topological polar surface area (TPSA) is 121 Å². The summed E-state index contributed by atoms with van der Waals surface area (Å²) < 4.78 is 43.7. The van der Waals surface area contributed by atoms with E-state index in [9.17, 15) is 22.7 Å². The van der Waals surface area contributed by atoms with Crippen LogP contribution in [0.1, 0.15) is 24.8 Å². The van der Waals surface area contributed by atoms with E-state index in [2.05, 4.69) is 10.0 Å². The van der Waals surface area contributed by atoms with Crippen LogP contribution in [-0.4, -0.2) is 40.7 Å². The molecule has 30 heavy (non-hydrogen) atoms. The summed E-state index contributed by atoms with van der Waals surface area (Å²) in [5.74, 6) is -0.457. The summed E-state index contributed by atoms with van der Waals surface area (Å²) in [5, 5.41) is 21.7. The smallest absolute Gasteiger partial charge is 0.254 e. The minimum atomic E-state index is -3.96. The number of hydrogen-bond donors (Lipinski definition) is 4. The van der Waals surface area contributed by atoms with Gasteiger partial charge in [0.2, 0.25) is 10.0 Å². The Balaban J connectivity index is 2.01. The van der Waals surface area contributed by atoms with Crippen LogP contribution in [0.4, 0.5) is 21.6 Å². The molecule has 8 nitrogen and oxygen atoms in total. The van der Waals surface area contributed by atoms with E-state index in [1.54, 1.807) is 13.0 Å². The average Bonchev–Trinajstić information content (AvgIpc) is 3.45. The molecule has 0 radical (unpaired) electrons. The summed E-state index contributed by atoms with van der Waals surface area (Å²) in [6.45, 7) is 1.02.